The second-order valence-corrected chi connectivity index (χ2v) is 6.91. The molecule has 5 nitrogen and oxygen atoms in total. The summed E-state index contributed by atoms with van der Waals surface area (Å²) in [6.45, 7) is 4.90. The number of hydrogen-bond donors (Lipinski definition) is 1. The molecule has 0 bridgehead atoms. The Morgan fingerprint density at radius 1 is 1.14 bits per heavy atom. The molecule has 2 rings (SSSR count). The molecule has 1 N–H and O–H groups in total. The van der Waals surface area contributed by atoms with Gasteiger partial charge in [0.2, 0.25) is 5.91 Å². The van der Waals surface area contributed by atoms with Gasteiger partial charge >= 0.3 is 0 Å². The van der Waals surface area contributed by atoms with Gasteiger partial charge in [-0.3, -0.25) is 4.79 Å². The number of carbonyl (C=O) groups is 1. The minimum atomic E-state index is 0.193. The van der Waals surface area contributed by atoms with Crippen LogP contribution in [-0.2, 0) is 9.53 Å². The van der Waals surface area contributed by atoms with Crippen LogP contribution in [0, 0.1) is 0 Å². The van der Waals surface area contributed by atoms with Crippen LogP contribution in [0.4, 0.5) is 0 Å². The Kier molecular flexibility index (Phi) is 7.63. The van der Waals surface area contributed by atoms with Crippen LogP contribution in [0.3, 0.4) is 0 Å². The summed E-state index contributed by atoms with van der Waals surface area (Å²) >= 11 is 0. The molecule has 0 aromatic carbocycles. The molecular formula is C17H33N3O2. The Morgan fingerprint density at radius 2 is 1.91 bits per heavy atom. The number of ether oxygens (including phenoxy) is 1. The van der Waals surface area contributed by atoms with Crippen LogP contribution in [0.1, 0.15) is 44.9 Å². The van der Waals surface area contributed by atoms with E-state index >= 15 is 0 Å². The molecule has 2 fully saturated rings. The average molecular weight is 311 g/mol. The smallest absolute Gasteiger partial charge is 0.221 e. The Hall–Kier alpha value is -0.650. The predicted molar refractivity (Wildman–Crippen MR) is 89.0 cm³/mol. The highest BCUT2D eigenvalue weighted by atomic mass is 16.5. The number of nitrogens with one attached hydrogen (secondary N) is 1. The van der Waals surface area contributed by atoms with Crippen molar-refractivity contribution in [2.45, 2.75) is 57.1 Å². The fraction of sp³-hybridized carbons (Fsp3) is 0.941. The van der Waals surface area contributed by atoms with Gasteiger partial charge in [-0.2, -0.15) is 0 Å². The summed E-state index contributed by atoms with van der Waals surface area (Å²) in [5.41, 5.74) is 0. The quantitative estimate of drug-likeness (QED) is 0.723. The molecule has 2 saturated heterocycles. The van der Waals surface area contributed by atoms with Crippen LogP contribution in [0.15, 0.2) is 0 Å². The number of carbonyl (C=O) groups excluding carboxylic acids is 1. The van der Waals surface area contributed by atoms with Gasteiger partial charge in [-0.05, 0) is 52.7 Å². The number of piperidine rings is 2. The maximum absolute atomic E-state index is 12.0. The lowest BCUT2D eigenvalue weighted by Gasteiger charge is -2.32. The standard InChI is InChI=1S/C17H33N3O2/c1-19-11-7-16(8-12-19)22-13-5-9-18-17(21)14-15-6-3-4-10-20(15)2/h15-16H,3-14H2,1-2H3,(H,18,21)/t15-/m1/s1. The highest BCUT2D eigenvalue weighted by Gasteiger charge is 2.21. The summed E-state index contributed by atoms with van der Waals surface area (Å²) in [7, 11) is 4.29. The Bertz CT molecular complexity index is 330. The van der Waals surface area contributed by atoms with Crippen LogP contribution in [-0.4, -0.2) is 74.7 Å². The Balaban J connectivity index is 1.48. The molecule has 2 aliphatic rings. The van der Waals surface area contributed by atoms with Crippen molar-refractivity contribution in [1.29, 1.82) is 0 Å². The summed E-state index contributed by atoms with van der Waals surface area (Å²) in [6, 6.07) is 0.434. The molecule has 0 saturated carbocycles. The third kappa shape index (κ3) is 6.23. The molecule has 1 amide bonds. The molecule has 2 aliphatic heterocycles. The SMILES string of the molecule is CN1CCC(OCCCNC(=O)C[C@H]2CCCCN2C)CC1. The van der Waals surface area contributed by atoms with Crippen molar-refractivity contribution in [3.05, 3.63) is 0 Å². The number of nitrogens with zero attached hydrogens (tertiary/aromatic N) is 2. The molecular weight excluding hydrogens is 278 g/mol. The molecule has 128 valence electrons. The van der Waals surface area contributed by atoms with Gasteiger partial charge in [0.1, 0.15) is 0 Å². The van der Waals surface area contributed by atoms with Crippen molar-refractivity contribution >= 4 is 5.91 Å². The van der Waals surface area contributed by atoms with Crippen molar-refractivity contribution < 1.29 is 9.53 Å². The largest absolute Gasteiger partial charge is 0.378 e. The fourth-order valence-corrected chi connectivity index (χ4v) is 3.39. The Labute approximate surface area is 135 Å². The second-order valence-electron chi connectivity index (χ2n) is 6.91. The van der Waals surface area contributed by atoms with Crippen molar-refractivity contribution in [1.82, 2.24) is 15.1 Å². The van der Waals surface area contributed by atoms with E-state index in [-0.39, 0.29) is 5.91 Å². The van der Waals surface area contributed by atoms with E-state index in [0.717, 1.165) is 58.5 Å². The number of amides is 1. The average Bonchev–Trinajstić information content (AvgIpc) is 2.51. The molecule has 0 radical (unpaired) electrons. The maximum atomic E-state index is 12.0. The molecule has 0 aliphatic carbocycles. The molecule has 22 heavy (non-hydrogen) atoms. The molecule has 0 aromatic heterocycles. The van der Waals surface area contributed by atoms with Gasteiger partial charge in [0, 0.05) is 38.7 Å². The lowest BCUT2D eigenvalue weighted by atomic mass is 10.00. The van der Waals surface area contributed by atoms with Gasteiger partial charge < -0.3 is 19.9 Å². The van der Waals surface area contributed by atoms with E-state index in [0.29, 0.717) is 18.6 Å². The fourth-order valence-electron chi connectivity index (χ4n) is 3.39. The van der Waals surface area contributed by atoms with E-state index in [4.69, 9.17) is 4.74 Å². The molecule has 0 aromatic rings. The van der Waals surface area contributed by atoms with Gasteiger partial charge in [-0.15, -0.1) is 0 Å². The van der Waals surface area contributed by atoms with Crippen molar-refractivity contribution in [2.24, 2.45) is 0 Å². The zero-order valence-corrected chi connectivity index (χ0v) is 14.4. The van der Waals surface area contributed by atoms with Gasteiger partial charge in [-0.25, -0.2) is 0 Å². The Morgan fingerprint density at radius 3 is 2.64 bits per heavy atom. The minimum absolute atomic E-state index is 0.193. The van der Waals surface area contributed by atoms with E-state index < -0.39 is 0 Å². The molecule has 0 unspecified atom stereocenters. The number of likely N-dealkylation sites (tertiary alicyclic amines) is 2. The lowest BCUT2D eigenvalue weighted by Crippen LogP contribution is -2.40. The van der Waals surface area contributed by atoms with Crippen LogP contribution in [0.25, 0.3) is 0 Å². The summed E-state index contributed by atoms with van der Waals surface area (Å²) in [5.74, 6) is 0.193. The van der Waals surface area contributed by atoms with Gasteiger partial charge in [0.25, 0.3) is 0 Å². The zero-order chi connectivity index (χ0) is 15.8. The lowest BCUT2D eigenvalue weighted by molar-refractivity contribution is -0.122. The summed E-state index contributed by atoms with van der Waals surface area (Å²) in [4.78, 5) is 16.6. The molecule has 5 heteroatoms. The van der Waals surface area contributed by atoms with Crippen molar-refractivity contribution in [3.8, 4) is 0 Å². The number of rotatable bonds is 7. The first-order valence-corrected chi connectivity index (χ1v) is 8.92. The second kappa shape index (κ2) is 9.48. The highest BCUT2D eigenvalue weighted by Crippen LogP contribution is 2.17. The van der Waals surface area contributed by atoms with Gasteiger partial charge in [0.05, 0.1) is 6.10 Å². The highest BCUT2D eigenvalue weighted by molar-refractivity contribution is 5.76. The van der Waals surface area contributed by atoms with E-state index in [2.05, 4.69) is 29.2 Å². The maximum Gasteiger partial charge on any atom is 0.221 e. The van der Waals surface area contributed by atoms with E-state index in [1.54, 1.807) is 0 Å². The van der Waals surface area contributed by atoms with Crippen molar-refractivity contribution in [2.75, 3.05) is 46.9 Å². The summed E-state index contributed by atoms with van der Waals surface area (Å²) in [6.07, 6.45) is 7.93. The van der Waals surface area contributed by atoms with E-state index in [9.17, 15) is 4.79 Å². The monoisotopic (exact) mass is 311 g/mol. The first-order valence-electron chi connectivity index (χ1n) is 8.92. The topological polar surface area (TPSA) is 44.8 Å². The zero-order valence-electron chi connectivity index (χ0n) is 14.4. The summed E-state index contributed by atoms with van der Waals surface area (Å²) < 4.78 is 5.89. The van der Waals surface area contributed by atoms with E-state index in [1.165, 1.54) is 12.8 Å². The van der Waals surface area contributed by atoms with Crippen LogP contribution in [0.2, 0.25) is 0 Å². The van der Waals surface area contributed by atoms with Crippen LogP contribution < -0.4 is 5.32 Å². The normalized spacial score (nSPS) is 25.3. The van der Waals surface area contributed by atoms with Gasteiger partial charge in [0.15, 0.2) is 0 Å². The third-order valence-electron chi connectivity index (χ3n) is 5.00. The molecule has 1 atom stereocenters. The number of hydrogen-bond acceptors (Lipinski definition) is 4. The minimum Gasteiger partial charge on any atom is -0.378 e. The molecule has 0 spiro atoms. The van der Waals surface area contributed by atoms with Crippen molar-refractivity contribution in [3.63, 3.8) is 0 Å². The third-order valence-corrected chi connectivity index (χ3v) is 5.00. The van der Waals surface area contributed by atoms with Crippen LogP contribution in [0.5, 0.6) is 0 Å². The first-order chi connectivity index (χ1) is 10.6. The predicted octanol–water partition coefficient (Wildman–Crippen LogP) is 1.48. The van der Waals surface area contributed by atoms with Crippen LogP contribution >= 0.6 is 0 Å². The summed E-state index contributed by atoms with van der Waals surface area (Å²) in [5, 5.41) is 3.04. The molecule has 2 heterocycles. The first kappa shape index (κ1) is 17.7. The van der Waals surface area contributed by atoms with Gasteiger partial charge in [-0.1, -0.05) is 6.42 Å². The van der Waals surface area contributed by atoms with E-state index in [1.807, 2.05) is 0 Å².